The number of nitrogens with two attached hydrogens (primary N) is 1. The van der Waals surface area contributed by atoms with Gasteiger partial charge in [0.1, 0.15) is 0 Å². The summed E-state index contributed by atoms with van der Waals surface area (Å²) in [7, 11) is 0. The number of hydrogen-bond donors (Lipinski definition) is 1. The molecule has 5 fully saturated rings. The van der Waals surface area contributed by atoms with Crippen molar-refractivity contribution in [2.75, 3.05) is 19.6 Å². The van der Waals surface area contributed by atoms with Crippen molar-refractivity contribution in [1.29, 1.82) is 0 Å². The standard InChI is InChI=1S/C22H30N2O/c23-12-19-13-24(14-20(19)18-4-2-1-3-5-18)21(25)22-9-15-6-16(10-22)8-17(7-15)11-22/h1-5,15-17,19-20H,6-14,23H2/t15?,16?,17?,19-,20+,22?/m1/s1. The molecule has 1 saturated heterocycles. The molecule has 1 heterocycles. The molecule has 4 saturated carbocycles. The topological polar surface area (TPSA) is 46.3 Å². The Morgan fingerprint density at radius 2 is 1.60 bits per heavy atom. The van der Waals surface area contributed by atoms with E-state index in [-0.39, 0.29) is 5.41 Å². The highest BCUT2D eigenvalue weighted by atomic mass is 16.2. The Morgan fingerprint density at radius 3 is 2.16 bits per heavy atom. The van der Waals surface area contributed by atoms with Gasteiger partial charge in [0.05, 0.1) is 5.41 Å². The second-order valence-corrected chi connectivity index (χ2v) is 9.42. The van der Waals surface area contributed by atoms with Gasteiger partial charge in [0.15, 0.2) is 0 Å². The van der Waals surface area contributed by atoms with Crippen LogP contribution in [0.4, 0.5) is 0 Å². The monoisotopic (exact) mass is 338 g/mol. The summed E-state index contributed by atoms with van der Waals surface area (Å²) in [5, 5.41) is 0. The first kappa shape index (κ1) is 15.9. The highest BCUT2D eigenvalue weighted by Gasteiger charge is 2.56. The van der Waals surface area contributed by atoms with Crippen molar-refractivity contribution < 1.29 is 4.79 Å². The van der Waals surface area contributed by atoms with E-state index in [9.17, 15) is 4.79 Å². The van der Waals surface area contributed by atoms with Gasteiger partial charge in [-0.3, -0.25) is 4.79 Å². The van der Waals surface area contributed by atoms with Gasteiger partial charge in [-0.15, -0.1) is 0 Å². The molecule has 1 aromatic carbocycles. The highest BCUT2D eigenvalue weighted by molar-refractivity contribution is 5.83. The van der Waals surface area contributed by atoms with E-state index in [0.29, 0.717) is 24.3 Å². The van der Waals surface area contributed by atoms with E-state index in [1.807, 2.05) is 0 Å². The van der Waals surface area contributed by atoms with Crippen molar-refractivity contribution >= 4 is 5.91 Å². The van der Waals surface area contributed by atoms with Crippen LogP contribution in [-0.4, -0.2) is 30.4 Å². The number of carbonyl (C=O) groups excluding carboxylic acids is 1. The number of rotatable bonds is 3. The van der Waals surface area contributed by atoms with Crippen LogP contribution < -0.4 is 5.73 Å². The predicted molar refractivity (Wildman–Crippen MR) is 98.9 cm³/mol. The van der Waals surface area contributed by atoms with E-state index in [4.69, 9.17) is 5.73 Å². The van der Waals surface area contributed by atoms with Gasteiger partial charge in [-0.05, 0) is 74.3 Å². The molecule has 1 aromatic rings. The van der Waals surface area contributed by atoms with Crippen LogP contribution in [0.3, 0.4) is 0 Å². The van der Waals surface area contributed by atoms with Gasteiger partial charge >= 0.3 is 0 Å². The Bertz CT molecular complexity index is 620. The first-order chi connectivity index (χ1) is 12.2. The minimum Gasteiger partial charge on any atom is -0.341 e. The fraction of sp³-hybridized carbons (Fsp3) is 0.682. The van der Waals surface area contributed by atoms with Gasteiger partial charge in [-0.2, -0.15) is 0 Å². The normalized spacial score (nSPS) is 42.1. The second kappa shape index (κ2) is 5.84. The Kier molecular flexibility index (Phi) is 3.70. The number of amides is 1. The lowest BCUT2D eigenvalue weighted by atomic mass is 9.49. The van der Waals surface area contributed by atoms with Crippen molar-refractivity contribution in [1.82, 2.24) is 4.90 Å². The molecule has 4 bridgehead atoms. The Morgan fingerprint density at radius 1 is 1.00 bits per heavy atom. The molecule has 134 valence electrons. The van der Waals surface area contributed by atoms with Gasteiger partial charge in [0, 0.05) is 19.0 Å². The molecule has 0 unspecified atom stereocenters. The lowest BCUT2D eigenvalue weighted by Crippen LogP contribution is -2.54. The van der Waals surface area contributed by atoms with Crippen molar-refractivity contribution in [2.45, 2.75) is 44.4 Å². The maximum atomic E-state index is 13.6. The molecule has 3 heteroatoms. The quantitative estimate of drug-likeness (QED) is 0.918. The third kappa shape index (κ3) is 2.54. The molecule has 0 aromatic heterocycles. The number of nitrogens with zero attached hydrogens (tertiary/aromatic N) is 1. The molecule has 3 nitrogen and oxygen atoms in total. The molecule has 4 aliphatic carbocycles. The summed E-state index contributed by atoms with van der Waals surface area (Å²) in [6.45, 7) is 2.40. The molecule has 5 aliphatic rings. The van der Waals surface area contributed by atoms with E-state index in [2.05, 4.69) is 35.2 Å². The van der Waals surface area contributed by atoms with Crippen LogP contribution in [0.1, 0.15) is 50.0 Å². The van der Waals surface area contributed by atoms with Crippen LogP contribution in [0.2, 0.25) is 0 Å². The predicted octanol–water partition coefficient (Wildman–Crippen LogP) is 3.40. The Hall–Kier alpha value is -1.35. The van der Waals surface area contributed by atoms with Gasteiger partial charge in [0.2, 0.25) is 5.91 Å². The number of hydrogen-bond acceptors (Lipinski definition) is 2. The fourth-order valence-corrected chi connectivity index (χ4v) is 7.06. The highest BCUT2D eigenvalue weighted by Crippen LogP contribution is 2.60. The van der Waals surface area contributed by atoms with Crippen molar-refractivity contribution in [3.8, 4) is 0 Å². The van der Waals surface area contributed by atoms with Gasteiger partial charge in [0.25, 0.3) is 0 Å². The average Bonchev–Trinajstić information content (AvgIpc) is 3.05. The fourth-order valence-electron chi connectivity index (χ4n) is 7.06. The molecule has 1 aliphatic heterocycles. The molecule has 0 radical (unpaired) electrons. The van der Waals surface area contributed by atoms with E-state index >= 15 is 0 Å². The molecule has 6 rings (SSSR count). The van der Waals surface area contributed by atoms with Gasteiger partial charge in [-0.1, -0.05) is 30.3 Å². The number of benzene rings is 1. The van der Waals surface area contributed by atoms with Crippen LogP contribution in [0.15, 0.2) is 30.3 Å². The van der Waals surface area contributed by atoms with Crippen molar-refractivity contribution in [3.63, 3.8) is 0 Å². The SMILES string of the molecule is NC[C@@H]1CN(C(=O)C23CC4CC(CC(C4)C2)C3)C[C@H]1c1ccccc1. The summed E-state index contributed by atoms with van der Waals surface area (Å²) in [5.41, 5.74) is 7.42. The third-order valence-corrected chi connectivity index (χ3v) is 7.75. The molecule has 0 spiro atoms. The molecular formula is C22H30N2O. The number of carbonyl (C=O) groups is 1. The summed E-state index contributed by atoms with van der Waals surface area (Å²) in [4.78, 5) is 15.8. The molecule has 1 amide bonds. The third-order valence-electron chi connectivity index (χ3n) is 7.75. The lowest BCUT2D eigenvalue weighted by molar-refractivity contribution is -0.156. The molecule has 2 N–H and O–H groups in total. The van der Waals surface area contributed by atoms with E-state index in [1.54, 1.807) is 0 Å². The van der Waals surface area contributed by atoms with Crippen LogP contribution in [0, 0.1) is 29.1 Å². The van der Waals surface area contributed by atoms with Gasteiger partial charge in [-0.25, -0.2) is 0 Å². The maximum Gasteiger partial charge on any atom is 0.228 e. The zero-order valence-corrected chi connectivity index (χ0v) is 15.1. The molecular weight excluding hydrogens is 308 g/mol. The molecule has 25 heavy (non-hydrogen) atoms. The van der Waals surface area contributed by atoms with Crippen molar-refractivity contribution in [2.24, 2.45) is 34.8 Å². The zero-order valence-electron chi connectivity index (χ0n) is 15.1. The summed E-state index contributed by atoms with van der Waals surface area (Å²) >= 11 is 0. The average molecular weight is 338 g/mol. The van der Waals surface area contributed by atoms with Gasteiger partial charge < -0.3 is 10.6 Å². The minimum atomic E-state index is -0.0144. The first-order valence-corrected chi connectivity index (χ1v) is 10.2. The summed E-state index contributed by atoms with van der Waals surface area (Å²) in [6, 6.07) is 10.7. The van der Waals surface area contributed by atoms with E-state index in [0.717, 1.165) is 30.8 Å². The Balaban J connectivity index is 1.38. The second-order valence-electron chi connectivity index (χ2n) is 9.42. The Labute approximate surface area is 151 Å². The minimum absolute atomic E-state index is 0.0144. The zero-order chi connectivity index (χ0) is 17.0. The number of likely N-dealkylation sites (tertiary alicyclic amines) is 1. The van der Waals surface area contributed by atoms with Crippen LogP contribution in [0.25, 0.3) is 0 Å². The summed E-state index contributed by atoms with van der Waals surface area (Å²) in [6.07, 6.45) is 7.67. The van der Waals surface area contributed by atoms with Crippen LogP contribution in [0.5, 0.6) is 0 Å². The summed E-state index contributed by atoms with van der Waals surface area (Å²) in [5.74, 6) is 3.77. The molecule has 2 atom stereocenters. The maximum absolute atomic E-state index is 13.6. The summed E-state index contributed by atoms with van der Waals surface area (Å²) < 4.78 is 0. The smallest absolute Gasteiger partial charge is 0.228 e. The lowest BCUT2D eigenvalue weighted by Gasteiger charge is -2.56. The van der Waals surface area contributed by atoms with Crippen LogP contribution >= 0.6 is 0 Å². The largest absolute Gasteiger partial charge is 0.341 e. The van der Waals surface area contributed by atoms with Crippen molar-refractivity contribution in [3.05, 3.63) is 35.9 Å². The van der Waals surface area contributed by atoms with Crippen LogP contribution in [-0.2, 0) is 4.79 Å². The first-order valence-electron chi connectivity index (χ1n) is 10.2. The van der Waals surface area contributed by atoms with E-state index in [1.165, 1.54) is 44.1 Å². The van der Waals surface area contributed by atoms with E-state index < -0.39 is 0 Å².